The monoisotopic (exact) mass is 556 g/mol. The van der Waals surface area contributed by atoms with Crippen LogP contribution in [0, 0.1) is 0 Å². The van der Waals surface area contributed by atoms with E-state index in [1.54, 1.807) is 36.4 Å². The minimum Gasteiger partial charge on any atom is -0.360 e. The molecule has 0 saturated heterocycles. The van der Waals surface area contributed by atoms with E-state index in [4.69, 9.17) is 24.4 Å². The number of carbonyl (C=O) groups is 2. The highest BCUT2D eigenvalue weighted by Gasteiger charge is 2.14. The van der Waals surface area contributed by atoms with Gasteiger partial charge in [0.1, 0.15) is 0 Å². The molecular formula is C19H18Br2N4O2S2. The van der Waals surface area contributed by atoms with Crippen LogP contribution in [0.15, 0.2) is 57.5 Å². The molecule has 1 unspecified atom stereocenters. The van der Waals surface area contributed by atoms with Crippen LogP contribution < -0.4 is 21.3 Å². The van der Waals surface area contributed by atoms with E-state index in [1.165, 1.54) is 0 Å². The molecule has 0 radical (unpaired) electrons. The van der Waals surface area contributed by atoms with Crippen LogP contribution in [0.1, 0.15) is 27.6 Å². The number of hydrogen-bond donors (Lipinski definition) is 4. The Kier molecular flexibility index (Phi) is 9.15. The molecule has 1 atom stereocenters. The molecule has 4 N–H and O–H groups in total. The smallest absolute Gasteiger partial charge is 0.258 e. The maximum Gasteiger partial charge on any atom is 0.258 e. The van der Waals surface area contributed by atoms with Crippen LogP contribution in [0.2, 0.25) is 0 Å². The lowest BCUT2D eigenvalue weighted by molar-refractivity contribution is 0.0967. The first kappa shape index (κ1) is 23.4. The molecular weight excluding hydrogens is 540 g/mol. The lowest BCUT2D eigenvalue weighted by atomic mass is 10.2. The molecule has 2 amide bonds. The van der Waals surface area contributed by atoms with Gasteiger partial charge in [0, 0.05) is 21.5 Å². The molecule has 0 aliphatic heterocycles. The van der Waals surface area contributed by atoms with Crippen LogP contribution in [0.25, 0.3) is 0 Å². The maximum absolute atomic E-state index is 12.3. The van der Waals surface area contributed by atoms with Gasteiger partial charge in [0.05, 0.1) is 11.1 Å². The number of benzene rings is 2. The first-order valence-electron chi connectivity index (χ1n) is 8.48. The zero-order valence-corrected chi connectivity index (χ0v) is 20.1. The molecule has 0 aromatic heterocycles. The molecule has 0 saturated carbocycles. The van der Waals surface area contributed by atoms with Gasteiger partial charge in [0.15, 0.2) is 10.2 Å². The number of amides is 2. The zero-order chi connectivity index (χ0) is 21.4. The van der Waals surface area contributed by atoms with Crippen molar-refractivity contribution >= 4 is 78.3 Å². The summed E-state index contributed by atoms with van der Waals surface area (Å²) in [5.41, 5.74) is 0.970. The molecule has 0 heterocycles. The summed E-state index contributed by atoms with van der Waals surface area (Å²) in [6.07, 6.45) is 0. The van der Waals surface area contributed by atoms with Crippen molar-refractivity contribution in [2.45, 2.75) is 13.0 Å². The summed E-state index contributed by atoms with van der Waals surface area (Å²) in [6.45, 7) is 2.25. The van der Waals surface area contributed by atoms with Crippen molar-refractivity contribution in [2.75, 3.05) is 6.54 Å². The van der Waals surface area contributed by atoms with Gasteiger partial charge in [-0.2, -0.15) is 0 Å². The lowest BCUT2D eigenvalue weighted by Crippen LogP contribution is -2.49. The first-order chi connectivity index (χ1) is 13.8. The molecule has 0 bridgehead atoms. The SMILES string of the molecule is CC(CNC(=S)NC(=O)c1ccccc1Br)NC(=S)NC(=O)c1ccccc1Br. The zero-order valence-electron chi connectivity index (χ0n) is 15.3. The maximum atomic E-state index is 12.3. The Morgan fingerprint density at radius 1 is 0.862 bits per heavy atom. The average Bonchev–Trinajstić information content (AvgIpc) is 2.66. The summed E-state index contributed by atoms with van der Waals surface area (Å²) < 4.78 is 1.36. The van der Waals surface area contributed by atoms with E-state index in [0.717, 1.165) is 0 Å². The van der Waals surface area contributed by atoms with Crippen molar-refractivity contribution in [2.24, 2.45) is 0 Å². The molecule has 6 nitrogen and oxygen atoms in total. The van der Waals surface area contributed by atoms with Crippen LogP contribution in [0.3, 0.4) is 0 Å². The van der Waals surface area contributed by atoms with Crippen LogP contribution in [0.5, 0.6) is 0 Å². The normalized spacial score (nSPS) is 11.1. The number of nitrogens with one attached hydrogen (secondary N) is 4. The van der Waals surface area contributed by atoms with Crippen LogP contribution in [-0.2, 0) is 0 Å². The first-order valence-corrected chi connectivity index (χ1v) is 10.9. The standard InChI is InChI=1S/C19H18Br2N4O2S2/c1-11(23-19(29)25-17(27)13-7-3-5-9-15(13)21)10-22-18(28)24-16(26)12-6-2-4-8-14(12)20/h2-9,11H,10H2,1H3,(H2,22,24,26,28)(H2,23,25,27,29). The Labute approximate surface area is 196 Å². The van der Waals surface area contributed by atoms with Gasteiger partial charge >= 0.3 is 0 Å². The van der Waals surface area contributed by atoms with Crippen molar-refractivity contribution in [1.82, 2.24) is 21.3 Å². The summed E-state index contributed by atoms with van der Waals surface area (Å²) >= 11 is 17.0. The predicted molar refractivity (Wildman–Crippen MR) is 129 cm³/mol. The van der Waals surface area contributed by atoms with Crippen molar-refractivity contribution in [3.8, 4) is 0 Å². The lowest BCUT2D eigenvalue weighted by Gasteiger charge is -2.18. The van der Waals surface area contributed by atoms with E-state index in [9.17, 15) is 9.59 Å². The highest BCUT2D eigenvalue weighted by molar-refractivity contribution is 9.10. The molecule has 0 aliphatic carbocycles. The Morgan fingerprint density at radius 3 is 1.79 bits per heavy atom. The third kappa shape index (κ3) is 7.46. The average molecular weight is 558 g/mol. The second kappa shape index (κ2) is 11.3. The fraction of sp³-hybridized carbons (Fsp3) is 0.158. The van der Waals surface area contributed by atoms with Crippen molar-refractivity contribution in [3.05, 3.63) is 68.6 Å². The summed E-state index contributed by atoms with van der Waals surface area (Å²) in [5.74, 6) is -0.627. The largest absolute Gasteiger partial charge is 0.360 e. The van der Waals surface area contributed by atoms with E-state index >= 15 is 0 Å². The third-order valence-corrected chi connectivity index (χ3v) is 5.49. The van der Waals surface area contributed by atoms with Gasteiger partial charge in [-0.15, -0.1) is 0 Å². The van der Waals surface area contributed by atoms with E-state index in [-0.39, 0.29) is 28.1 Å². The van der Waals surface area contributed by atoms with Gasteiger partial charge in [-0.25, -0.2) is 0 Å². The molecule has 29 heavy (non-hydrogen) atoms. The van der Waals surface area contributed by atoms with Crippen LogP contribution in [-0.4, -0.2) is 34.6 Å². The fourth-order valence-corrected chi connectivity index (χ4v) is 3.63. The quantitative estimate of drug-likeness (QED) is 0.421. The Balaban J connectivity index is 1.76. The van der Waals surface area contributed by atoms with E-state index in [2.05, 4.69) is 53.1 Å². The van der Waals surface area contributed by atoms with Gasteiger partial charge < -0.3 is 10.6 Å². The van der Waals surface area contributed by atoms with Crippen molar-refractivity contribution < 1.29 is 9.59 Å². The van der Waals surface area contributed by atoms with E-state index in [1.807, 2.05) is 19.1 Å². The summed E-state index contributed by atoms with van der Waals surface area (Å²) in [5, 5.41) is 11.6. The Bertz CT molecular complexity index is 940. The van der Waals surface area contributed by atoms with Gasteiger partial charge in [0.2, 0.25) is 0 Å². The second-order valence-corrected chi connectivity index (χ2v) is 8.48. The van der Waals surface area contributed by atoms with E-state index < -0.39 is 0 Å². The number of hydrogen-bond acceptors (Lipinski definition) is 4. The molecule has 0 spiro atoms. The molecule has 0 aliphatic rings. The number of thiocarbonyl (C=S) groups is 2. The van der Waals surface area contributed by atoms with Gasteiger partial charge in [-0.05, 0) is 87.5 Å². The topological polar surface area (TPSA) is 82.3 Å². The highest BCUT2D eigenvalue weighted by Crippen LogP contribution is 2.16. The Hall–Kier alpha value is -1.88. The molecule has 0 fully saturated rings. The summed E-state index contributed by atoms with van der Waals surface area (Å²) in [6, 6.07) is 14.0. The molecule has 2 aromatic carbocycles. The minimum atomic E-state index is -0.314. The number of halogens is 2. The fourth-order valence-electron chi connectivity index (χ4n) is 2.23. The third-order valence-electron chi connectivity index (χ3n) is 3.64. The van der Waals surface area contributed by atoms with E-state index in [0.29, 0.717) is 26.6 Å². The van der Waals surface area contributed by atoms with Gasteiger partial charge in [-0.3, -0.25) is 20.2 Å². The number of rotatable bonds is 5. The summed E-state index contributed by atoms with van der Waals surface area (Å²) in [4.78, 5) is 24.5. The van der Waals surface area contributed by atoms with Crippen LogP contribution in [0.4, 0.5) is 0 Å². The molecule has 2 aromatic rings. The number of carbonyl (C=O) groups excluding carboxylic acids is 2. The highest BCUT2D eigenvalue weighted by atomic mass is 79.9. The van der Waals surface area contributed by atoms with Crippen molar-refractivity contribution in [3.63, 3.8) is 0 Å². The predicted octanol–water partition coefficient (Wildman–Crippen LogP) is 3.51. The van der Waals surface area contributed by atoms with Gasteiger partial charge in [0.25, 0.3) is 11.8 Å². The molecule has 2 rings (SSSR count). The minimum absolute atomic E-state index is 0.152. The summed E-state index contributed by atoms with van der Waals surface area (Å²) in [7, 11) is 0. The van der Waals surface area contributed by atoms with Crippen LogP contribution >= 0.6 is 56.3 Å². The molecule has 152 valence electrons. The molecule has 10 heteroatoms. The second-order valence-electron chi connectivity index (χ2n) is 5.95. The van der Waals surface area contributed by atoms with Gasteiger partial charge in [-0.1, -0.05) is 24.3 Å². The van der Waals surface area contributed by atoms with Crippen molar-refractivity contribution in [1.29, 1.82) is 0 Å². The Morgan fingerprint density at radius 2 is 1.31 bits per heavy atom.